The first-order chi connectivity index (χ1) is 9.77. The van der Waals surface area contributed by atoms with E-state index >= 15 is 0 Å². The third kappa shape index (κ3) is 4.64. The van der Waals surface area contributed by atoms with Gasteiger partial charge in [0.05, 0.1) is 12.2 Å². The Kier molecular flexibility index (Phi) is 6.06. The highest BCUT2D eigenvalue weighted by Crippen LogP contribution is 2.18. The lowest BCUT2D eigenvalue weighted by atomic mass is 10.1. The molecule has 1 aromatic carbocycles. The summed E-state index contributed by atoms with van der Waals surface area (Å²) in [6.07, 6.45) is 6.42. The Morgan fingerprint density at radius 2 is 1.85 bits per heavy atom. The number of carbonyl (C=O) groups is 1. The number of Topliss-reactive ketones (excluding diaryl/α,β-unsaturated/α-hetero) is 1. The Morgan fingerprint density at radius 3 is 2.55 bits per heavy atom. The van der Waals surface area contributed by atoms with E-state index in [4.69, 9.17) is 4.74 Å². The Balaban J connectivity index is 1.74. The molecule has 3 heteroatoms. The summed E-state index contributed by atoms with van der Waals surface area (Å²) in [7, 11) is 0. The fourth-order valence-electron chi connectivity index (χ4n) is 2.71. The van der Waals surface area contributed by atoms with E-state index in [2.05, 4.69) is 4.90 Å². The second kappa shape index (κ2) is 8.05. The van der Waals surface area contributed by atoms with Crippen LogP contribution in [0.3, 0.4) is 0 Å². The van der Waals surface area contributed by atoms with Crippen LogP contribution in [0.2, 0.25) is 0 Å². The van der Waals surface area contributed by atoms with Crippen LogP contribution in [0, 0.1) is 0 Å². The molecule has 0 radical (unpaired) electrons. The van der Waals surface area contributed by atoms with Crippen LogP contribution in [-0.2, 0) is 0 Å². The first-order valence-electron chi connectivity index (χ1n) is 7.72. The molecule has 20 heavy (non-hydrogen) atoms. The van der Waals surface area contributed by atoms with Crippen molar-refractivity contribution >= 4 is 5.78 Å². The summed E-state index contributed by atoms with van der Waals surface area (Å²) < 4.78 is 5.77. The van der Waals surface area contributed by atoms with Crippen molar-refractivity contribution in [2.75, 3.05) is 26.2 Å². The lowest BCUT2D eigenvalue weighted by Crippen LogP contribution is -2.26. The summed E-state index contributed by atoms with van der Waals surface area (Å²) in [5.41, 5.74) is 0.683. The summed E-state index contributed by atoms with van der Waals surface area (Å²) in [6.45, 7) is 5.82. The van der Waals surface area contributed by atoms with Crippen molar-refractivity contribution in [1.82, 2.24) is 4.90 Å². The van der Waals surface area contributed by atoms with Crippen LogP contribution in [0.1, 0.15) is 49.4 Å². The smallest absolute Gasteiger partial charge is 0.163 e. The molecule has 0 N–H and O–H groups in total. The van der Waals surface area contributed by atoms with Gasteiger partial charge in [0.1, 0.15) is 5.75 Å². The van der Waals surface area contributed by atoms with Gasteiger partial charge in [-0.3, -0.25) is 4.79 Å². The molecule has 1 aromatic rings. The van der Waals surface area contributed by atoms with Gasteiger partial charge in [-0.1, -0.05) is 25.0 Å². The molecule has 3 nitrogen and oxygen atoms in total. The van der Waals surface area contributed by atoms with E-state index in [1.165, 1.54) is 38.8 Å². The van der Waals surface area contributed by atoms with E-state index in [-0.39, 0.29) is 5.78 Å². The third-order valence-electron chi connectivity index (χ3n) is 3.84. The van der Waals surface area contributed by atoms with E-state index < -0.39 is 0 Å². The molecule has 0 saturated carbocycles. The molecule has 1 heterocycles. The molecule has 0 unspecified atom stereocenters. The van der Waals surface area contributed by atoms with Gasteiger partial charge in [-0.05, 0) is 51.4 Å². The molecule has 110 valence electrons. The van der Waals surface area contributed by atoms with E-state index in [1.807, 2.05) is 24.3 Å². The molecule has 2 rings (SSSR count). The zero-order valence-electron chi connectivity index (χ0n) is 12.4. The average molecular weight is 275 g/mol. The van der Waals surface area contributed by atoms with Crippen LogP contribution >= 0.6 is 0 Å². The molecular formula is C17H25NO2. The summed E-state index contributed by atoms with van der Waals surface area (Å²) >= 11 is 0. The normalized spacial score (nSPS) is 16.6. The van der Waals surface area contributed by atoms with Crippen molar-refractivity contribution in [2.45, 2.75) is 39.0 Å². The van der Waals surface area contributed by atoms with Crippen molar-refractivity contribution in [3.05, 3.63) is 29.8 Å². The summed E-state index contributed by atoms with van der Waals surface area (Å²) in [5.74, 6) is 0.781. The van der Waals surface area contributed by atoms with Crippen LogP contribution in [0.4, 0.5) is 0 Å². The van der Waals surface area contributed by atoms with Gasteiger partial charge in [0, 0.05) is 6.54 Å². The van der Waals surface area contributed by atoms with Crippen LogP contribution in [-0.4, -0.2) is 36.9 Å². The van der Waals surface area contributed by atoms with E-state index in [9.17, 15) is 4.79 Å². The maximum atomic E-state index is 11.5. The molecule has 0 atom stereocenters. The highest BCUT2D eigenvalue weighted by molar-refractivity contribution is 5.96. The predicted molar refractivity (Wildman–Crippen MR) is 81.5 cm³/mol. The van der Waals surface area contributed by atoms with Gasteiger partial charge in [-0.2, -0.15) is 0 Å². The molecule has 1 aliphatic rings. The van der Waals surface area contributed by atoms with Crippen LogP contribution in [0.5, 0.6) is 5.75 Å². The summed E-state index contributed by atoms with van der Waals surface area (Å²) in [6, 6.07) is 7.49. The van der Waals surface area contributed by atoms with Crippen LogP contribution in [0.25, 0.3) is 0 Å². The Labute approximate surface area is 121 Å². The highest BCUT2D eigenvalue weighted by Gasteiger charge is 2.09. The molecule has 1 saturated heterocycles. The number of para-hydroxylation sites is 1. The van der Waals surface area contributed by atoms with Crippen molar-refractivity contribution in [1.29, 1.82) is 0 Å². The van der Waals surface area contributed by atoms with Gasteiger partial charge in [-0.25, -0.2) is 0 Å². The Morgan fingerprint density at radius 1 is 1.15 bits per heavy atom. The molecule has 0 bridgehead atoms. The number of likely N-dealkylation sites (tertiary alicyclic amines) is 1. The van der Waals surface area contributed by atoms with Crippen molar-refractivity contribution in [3.8, 4) is 5.75 Å². The summed E-state index contributed by atoms with van der Waals surface area (Å²) in [4.78, 5) is 14.0. The zero-order chi connectivity index (χ0) is 14.2. The minimum atomic E-state index is 0.0631. The van der Waals surface area contributed by atoms with E-state index in [0.29, 0.717) is 12.2 Å². The minimum Gasteiger partial charge on any atom is -0.493 e. The Hall–Kier alpha value is -1.35. The first-order valence-corrected chi connectivity index (χ1v) is 7.72. The largest absolute Gasteiger partial charge is 0.493 e. The molecule has 0 spiro atoms. The molecule has 1 aliphatic heterocycles. The van der Waals surface area contributed by atoms with E-state index in [1.54, 1.807) is 6.92 Å². The number of benzene rings is 1. The molecular weight excluding hydrogens is 250 g/mol. The maximum absolute atomic E-state index is 11.5. The van der Waals surface area contributed by atoms with Crippen molar-refractivity contribution in [3.63, 3.8) is 0 Å². The number of ether oxygens (including phenoxy) is 1. The quantitative estimate of drug-likeness (QED) is 0.587. The topological polar surface area (TPSA) is 29.5 Å². The number of ketones is 1. The molecule has 1 fully saturated rings. The second-order valence-corrected chi connectivity index (χ2v) is 5.51. The standard InChI is InChI=1S/C17H25NO2/c1-15(19)16-9-4-5-10-17(16)20-14-8-13-18-11-6-2-3-7-12-18/h4-5,9-10H,2-3,6-8,11-14H2,1H3. The van der Waals surface area contributed by atoms with Crippen molar-refractivity contribution in [2.24, 2.45) is 0 Å². The molecule has 0 aliphatic carbocycles. The number of hydrogen-bond donors (Lipinski definition) is 0. The van der Waals surface area contributed by atoms with Gasteiger partial charge in [-0.15, -0.1) is 0 Å². The number of nitrogens with zero attached hydrogens (tertiary/aromatic N) is 1. The predicted octanol–water partition coefficient (Wildman–Crippen LogP) is 3.53. The average Bonchev–Trinajstić information content (AvgIpc) is 2.72. The SMILES string of the molecule is CC(=O)c1ccccc1OCCCN1CCCCCC1. The zero-order valence-corrected chi connectivity index (χ0v) is 12.4. The highest BCUT2D eigenvalue weighted by atomic mass is 16.5. The fraction of sp³-hybridized carbons (Fsp3) is 0.588. The van der Waals surface area contributed by atoms with E-state index in [0.717, 1.165) is 18.7 Å². The number of hydrogen-bond acceptors (Lipinski definition) is 3. The lowest BCUT2D eigenvalue weighted by molar-refractivity contribution is 0.101. The van der Waals surface area contributed by atoms with Crippen molar-refractivity contribution < 1.29 is 9.53 Å². The molecule has 0 amide bonds. The number of carbonyl (C=O) groups excluding carboxylic acids is 1. The van der Waals surface area contributed by atoms with Gasteiger partial charge in [0.2, 0.25) is 0 Å². The van der Waals surface area contributed by atoms with Gasteiger partial charge in [0.15, 0.2) is 5.78 Å². The third-order valence-corrected chi connectivity index (χ3v) is 3.84. The maximum Gasteiger partial charge on any atom is 0.163 e. The Bertz CT molecular complexity index is 423. The van der Waals surface area contributed by atoms with Gasteiger partial charge < -0.3 is 9.64 Å². The van der Waals surface area contributed by atoms with Crippen LogP contribution < -0.4 is 4.74 Å². The fourth-order valence-corrected chi connectivity index (χ4v) is 2.71. The second-order valence-electron chi connectivity index (χ2n) is 5.51. The monoisotopic (exact) mass is 275 g/mol. The van der Waals surface area contributed by atoms with Crippen LogP contribution in [0.15, 0.2) is 24.3 Å². The first kappa shape index (κ1) is 15.0. The summed E-state index contributed by atoms with van der Waals surface area (Å²) in [5, 5.41) is 0. The van der Waals surface area contributed by atoms with Gasteiger partial charge in [0.25, 0.3) is 0 Å². The lowest BCUT2D eigenvalue weighted by Gasteiger charge is -2.19. The minimum absolute atomic E-state index is 0.0631. The number of rotatable bonds is 6. The molecule has 0 aromatic heterocycles. The van der Waals surface area contributed by atoms with Gasteiger partial charge >= 0.3 is 0 Å².